The van der Waals surface area contributed by atoms with E-state index >= 15 is 0 Å². The molecule has 1 amide bonds. The number of hydrogen-bond donors (Lipinski definition) is 1. The SMILES string of the molecule is Cc1ccc(SCC(=O)N2CCNCC2)c(C)c1. The standard InChI is InChI=1S/C14H20N2OS/c1-11-3-4-13(12(2)9-11)18-10-14(17)16-7-5-15-6-8-16/h3-4,9,15H,5-8,10H2,1-2H3. The Hall–Kier alpha value is -1.00. The van der Waals surface area contributed by atoms with Gasteiger partial charge in [-0.3, -0.25) is 4.79 Å². The average Bonchev–Trinajstić information content (AvgIpc) is 2.38. The normalized spacial score (nSPS) is 15.8. The van der Waals surface area contributed by atoms with E-state index in [-0.39, 0.29) is 5.91 Å². The second-order valence-electron chi connectivity index (χ2n) is 4.69. The topological polar surface area (TPSA) is 32.3 Å². The highest BCUT2D eigenvalue weighted by molar-refractivity contribution is 8.00. The molecule has 1 heterocycles. The molecule has 18 heavy (non-hydrogen) atoms. The Bertz CT molecular complexity index is 428. The Morgan fingerprint density at radius 1 is 1.33 bits per heavy atom. The van der Waals surface area contributed by atoms with E-state index in [0.717, 1.165) is 26.2 Å². The lowest BCUT2D eigenvalue weighted by molar-refractivity contribution is -0.128. The van der Waals surface area contributed by atoms with Crippen molar-refractivity contribution in [3.63, 3.8) is 0 Å². The van der Waals surface area contributed by atoms with Crippen LogP contribution in [0.25, 0.3) is 0 Å². The summed E-state index contributed by atoms with van der Waals surface area (Å²) < 4.78 is 0. The molecule has 1 aromatic rings. The fraction of sp³-hybridized carbons (Fsp3) is 0.500. The molecule has 0 aromatic heterocycles. The quantitative estimate of drug-likeness (QED) is 0.845. The molecule has 0 unspecified atom stereocenters. The van der Waals surface area contributed by atoms with Crippen molar-refractivity contribution < 1.29 is 4.79 Å². The first-order valence-electron chi connectivity index (χ1n) is 6.35. The molecule has 0 aliphatic carbocycles. The minimum absolute atomic E-state index is 0.251. The number of piperazine rings is 1. The van der Waals surface area contributed by atoms with Crippen molar-refractivity contribution in [3.05, 3.63) is 29.3 Å². The molecule has 1 saturated heterocycles. The van der Waals surface area contributed by atoms with E-state index in [9.17, 15) is 4.79 Å². The molecule has 0 atom stereocenters. The Morgan fingerprint density at radius 3 is 2.72 bits per heavy atom. The number of hydrogen-bond acceptors (Lipinski definition) is 3. The predicted octanol–water partition coefficient (Wildman–Crippen LogP) is 1.83. The Balaban J connectivity index is 1.88. The van der Waals surface area contributed by atoms with E-state index in [0.29, 0.717) is 5.75 Å². The monoisotopic (exact) mass is 264 g/mol. The van der Waals surface area contributed by atoms with Crippen LogP contribution in [0.5, 0.6) is 0 Å². The lowest BCUT2D eigenvalue weighted by atomic mass is 10.2. The molecule has 0 bridgehead atoms. The molecule has 1 N–H and O–H groups in total. The second kappa shape index (κ2) is 6.25. The summed E-state index contributed by atoms with van der Waals surface area (Å²) in [4.78, 5) is 15.2. The molecule has 1 fully saturated rings. The first kappa shape index (κ1) is 13.4. The summed E-state index contributed by atoms with van der Waals surface area (Å²) in [6.07, 6.45) is 0. The molecular formula is C14H20N2OS. The van der Waals surface area contributed by atoms with Crippen molar-refractivity contribution in [2.45, 2.75) is 18.7 Å². The summed E-state index contributed by atoms with van der Waals surface area (Å²) in [6, 6.07) is 6.38. The highest BCUT2D eigenvalue weighted by Gasteiger charge is 2.16. The molecule has 1 aliphatic rings. The highest BCUT2D eigenvalue weighted by Crippen LogP contribution is 2.23. The summed E-state index contributed by atoms with van der Waals surface area (Å²) in [6.45, 7) is 7.70. The molecule has 3 nitrogen and oxygen atoms in total. The van der Waals surface area contributed by atoms with Crippen molar-refractivity contribution in [1.29, 1.82) is 0 Å². The summed E-state index contributed by atoms with van der Waals surface area (Å²) in [7, 11) is 0. The molecular weight excluding hydrogens is 244 g/mol. The molecule has 0 saturated carbocycles. The minimum Gasteiger partial charge on any atom is -0.339 e. The number of amides is 1. The van der Waals surface area contributed by atoms with E-state index in [1.807, 2.05) is 4.90 Å². The fourth-order valence-electron chi connectivity index (χ4n) is 2.11. The third kappa shape index (κ3) is 3.50. The zero-order valence-corrected chi connectivity index (χ0v) is 11.8. The predicted molar refractivity (Wildman–Crippen MR) is 76.1 cm³/mol. The molecule has 0 spiro atoms. The Morgan fingerprint density at radius 2 is 2.06 bits per heavy atom. The van der Waals surface area contributed by atoms with Gasteiger partial charge in [0.05, 0.1) is 5.75 Å². The zero-order chi connectivity index (χ0) is 13.0. The van der Waals surface area contributed by atoms with Gasteiger partial charge >= 0.3 is 0 Å². The lowest BCUT2D eigenvalue weighted by Crippen LogP contribution is -2.47. The van der Waals surface area contributed by atoms with Crippen LogP contribution in [-0.2, 0) is 4.79 Å². The van der Waals surface area contributed by atoms with Gasteiger partial charge < -0.3 is 10.2 Å². The van der Waals surface area contributed by atoms with E-state index in [1.54, 1.807) is 11.8 Å². The first-order chi connectivity index (χ1) is 8.66. The third-order valence-corrected chi connectivity index (χ3v) is 4.31. The van der Waals surface area contributed by atoms with Crippen molar-refractivity contribution in [1.82, 2.24) is 10.2 Å². The minimum atomic E-state index is 0.251. The van der Waals surface area contributed by atoms with Crippen LogP contribution in [0.3, 0.4) is 0 Å². The van der Waals surface area contributed by atoms with Gasteiger partial charge in [-0.05, 0) is 25.5 Å². The number of benzene rings is 1. The van der Waals surface area contributed by atoms with Gasteiger partial charge in [-0.25, -0.2) is 0 Å². The van der Waals surface area contributed by atoms with Crippen LogP contribution in [0.2, 0.25) is 0 Å². The Kier molecular flexibility index (Phi) is 4.66. The number of nitrogens with zero attached hydrogens (tertiary/aromatic N) is 1. The molecule has 1 aromatic carbocycles. The van der Waals surface area contributed by atoms with E-state index < -0.39 is 0 Å². The van der Waals surface area contributed by atoms with Gasteiger partial charge in [0, 0.05) is 31.1 Å². The van der Waals surface area contributed by atoms with Crippen LogP contribution in [0.15, 0.2) is 23.1 Å². The highest BCUT2D eigenvalue weighted by atomic mass is 32.2. The van der Waals surface area contributed by atoms with Gasteiger partial charge in [0.25, 0.3) is 0 Å². The van der Waals surface area contributed by atoms with Crippen LogP contribution in [-0.4, -0.2) is 42.7 Å². The van der Waals surface area contributed by atoms with Gasteiger partial charge in [-0.2, -0.15) is 0 Å². The summed E-state index contributed by atoms with van der Waals surface area (Å²) in [5.41, 5.74) is 2.53. The number of carbonyl (C=O) groups excluding carboxylic acids is 1. The van der Waals surface area contributed by atoms with Crippen molar-refractivity contribution >= 4 is 17.7 Å². The van der Waals surface area contributed by atoms with E-state index in [2.05, 4.69) is 37.4 Å². The van der Waals surface area contributed by atoms with Crippen LogP contribution in [0.1, 0.15) is 11.1 Å². The molecule has 2 rings (SSSR count). The smallest absolute Gasteiger partial charge is 0.233 e. The van der Waals surface area contributed by atoms with Crippen molar-refractivity contribution in [3.8, 4) is 0 Å². The molecule has 4 heteroatoms. The zero-order valence-electron chi connectivity index (χ0n) is 11.0. The third-order valence-electron chi connectivity index (χ3n) is 3.15. The van der Waals surface area contributed by atoms with E-state index in [4.69, 9.17) is 0 Å². The van der Waals surface area contributed by atoms with Gasteiger partial charge in [0.15, 0.2) is 0 Å². The number of aryl methyl sites for hydroxylation is 2. The van der Waals surface area contributed by atoms with Crippen LogP contribution in [0, 0.1) is 13.8 Å². The molecule has 98 valence electrons. The van der Waals surface area contributed by atoms with Gasteiger partial charge in [-0.1, -0.05) is 17.7 Å². The number of carbonyl (C=O) groups is 1. The van der Waals surface area contributed by atoms with Gasteiger partial charge in [0.1, 0.15) is 0 Å². The Labute approximate surface area is 113 Å². The maximum Gasteiger partial charge on any atom is 0.233 e. The van der Waals surface area contributed by atoms with E-state index in [1.165, 1.54) is 16.0 Å². The average molecular weight is 264 g/mol. The van der Waals surface area contributed by atoms with Crippen LogP contribution >= 0.6 is 11.8 Å². The summed E-state index contributed by atoms with van der Waals surface area (Å²) >= 11 is 1.65. The maximum absolute atomic E-state index is 12.0. The van der Waals surface area contributed by atoms with Crippen LogP contribution in [0.4, 0.5) is 0 Å². The maximum atomic E-state index is 12.0. The van der Waals surface area contributed by atoms with Gasteiger partial charge in [0.2, 0.25) is 5.91 Å². The molecule has 1 aliphatic heterocycles. The fourth-order valence-corrected chi connectivity index (χ4v) is 3.02. The summed E-state index contributed by atoms with van der Waals surface area (Å²) in [5.74, 6) is 0.797. The second-order valence-corrected chi connectivity index (χ2v) is 5.71. The van der Waals surface area contributed by atoms with Gasteiger partial charge in [-0.15, -0.1) is 11.8 Å². The van der Waals surface area contributed by atoms with Crippen molar-refractivity contribution in [2.24, 2.45) is 0 Å². The number of nitrogens with one attached hydrogen (secondary N) is 1. The first-order valence-corrected chi connectivity index (χ1v) is 7.34. The number of rotatable bonds is 3. The largest absolute Gasteiger partial charge is 0.339 e. The van der Waals surface area contributed by atoms with Crippen molar-refractivity contribution in [2.75, 3.05) is 31.9 Å². The van der Waals surface area contributed by atoms with Crippen LogP contribution < -0.4 is 5.32 Å². The number of thioether (sulfide) groups is 1. The molecule has 0 radical (unpaired) electrons. The lowest BCUT2D eigenvalue weighted by Gasteiger charge is -2.27. The summed E-state index contributed by atoms with van der Waals surface area (Å²) in [5, 5.41) is 3.26.